The van der Waals surface area contributed by atoms with Gasteiger partial charge < -0.3 is 14.9 Å². The van der Waals surface area contributed by atoms with Crippen LogP contribution < -0.4 is 9.80 Å². The molecule has 5 heteroatoms. The van der Waals surface area contributed by atoms with E-state index >= 15 is 0 Å². The van der Waals surface area contributed by atoms with Crippen LogP contribution in [0.2, 0.25) is 0 Å². The molecular weight excluding hydrogens is 360 g/mol. The summed E-state index contributed by atoms with van der Waals surface area (Å²) in [4.78, 5) is 4.16. The quantitative estimate of drug-likeness (QED) is 0.826. The summed E-state index contributed by atoms with van der Waals surface area (Å²) in [5.74, 6) is 2.21. The molecule has 0 aromatic heterocycles. The van der Waals surface area contributed by atoms with Gasteiger partial charge >= 0.3 is 0 Å². The molecule has 0 saturated carbocycles. The van der Waals surface area contributed by atoms with E-state index in [1.807, 2.05) is 51.7 Å². The first kappa shape index (κ1) is 19.5. The monoisotopic (exact) mass is 388 g/mol. The molecule has 1 saturated heterocycles. The fourth-order valence-electron chi connectivity index (χ4n) is 3.20. The number of anilines is 2. The second-order valence-electron chi connectivity index (χ2n) is 7.08. The van der Waals surface area contributed by atoms with Crippen molar-refractivity contribution in [2.45, 2.75) is 16.6 Å². The van der Waals surface area contributed by atoms with Crippen LogP contribution in [0.3, 0.4) is 0 Å². The second-order valence-corrected chi connectivity index (χ2v) is 9.80. The summed E-state index contributed by atoms with van der Waals surface area (Å²) in [6.07, 6.45) is 1.21. The van der Waals surface area contributed by atoms with E-state index in [2.05, 4.69) is 58.3 Å². The summed E-state index contributed by atoms with van der Waals surface area (Å²) >= 11 is 3.75. The third kappa shape index (κ3) is 3.85. The van der Waals surface area contributed by atoms with Crippen LogP contribution in [0.25, 0.3) is 0 Å². The molecule has 0 aliphatic carbocycles. The number of benzene rings is 2. The minimum absolute atomic E-state index is 0.103. The van der Waals surface area contributed by atoms with Gasteiger partial charge in [-0.2, -0.15) is 0 Å². The molecule has 26 heavy (non-hydrogen) atoms. The highest BCUT2D eigenvalue weighted by atomic mass is 32.2. The Morgan fingerprint density at radius 2 is 1.15 bits per heavy atom. The van der Waals surface area contributed by atoms with Gasteiger partial charge in [0.05, 0.1) is 4.58 Å². The summed E-state index contributed by atoms with van der Waals surface area (Å²) in [5.41, 5.74) is 3.22. The Labute approximate surface area is 165 Å². The van der Waals surface area contributed by atoms with Gasteiger partial charge in [0.1, 0.15) is 5.60 Å². The van der Waals surface area contributed by atoms with E-state index in [1.54, 1.807) is 0 Å². The SMILES string of the molecule is CN(C)c1ccc(C(O)(c2ccc(N(C)C)cc2)C2SCCCS2)cc1. The normalized spacial score (nSPS) is 15.7. The maximum atomic E-state index is 12.0. The van der Waals surface area contributed by atoms with E-state index in [0.29, 0.717) is 0 Å². The van der Waals surface area contributed by atoms with Crippen LogP contribution in [0.15, 0.2) is 48.5 Å². The standard InChI is InChI=1S/C21H28N2OS2/c1-22(2)18-10-6-16(7-11-18)21(24,20-25-14-5-15-26-20)17-8-12-19(13-9-17)23(3)4/h6-13,20,24H,5,14-15H2,1-4H3. The van der Waals surface area contributed by atoms with Crippen molar-refractivity contribution in [3.8, 4) is 0 Å². The molecule has 3 nitrogen and oxygen atoms in total. The molecule has 140 valence electrons. The summed E-state index contributed by atoms with van der Waals surface area (Å²) < 4.78 is 0.103. The summed E-state index contributed by atoms with van der Waals surface area (Å²) in [7, 11) is 8.14. The van der Waals surface area contributed by atoms with Gasteiger partial charge in [-0.05, 0) is 53.3 Å². The van der Waals surface area contributed by atoms with E-state index in [-0.39, 0.29) is 4.58 Å². The maximum Gasteiger partial charge on any atom is 0.135 e. The first-order valence-electron chi connectivity index (χ1n) is 8.94. The molecule has 0 unspecified atom stereocenters. The van der Waals surface area contributed by atoms with Gasteiger partial charge in [-0.1, -0.05) is 24.3 Å². The number of rotatable bonds is 5. The van der Waals surface area contributed by atoms with E-state index in [9.17, 15) is 5.11 Å². The van der Waals surface area contributed by atoms with Crippen molar-refractivity contribution < 1.29 is 5.11 Å². The average molecular weight is 389 g/mol. The highest BCUT2D eigenvalue weighted by Gasteiger charge is 2.42. The zero-order valence-electron chi connectivity index (χ0n) is 16.0. The van der Waals surface area contributed by atoms with E-state index < -0.39 is 5.60 Å². The fraction of sp³-hybridized carbons (Fsp3) is 0.429. The van der Waals surface area contributed by atoms with Crippen molar-refractivity contribution >= 4 is 34.9 Å². The van der Waals surface area contributed by atoms with Crippen molar-refractivity contribution in [3.05, 3.63) is 59.7 Å². The Morgan fingerprint density at radius 1 is 0.769 bits per heavy atom. The van der Waals surface area contributed by atoms with Crippen LogP contribution in [-0.4, -0.2) is 49.4 Å². The zero-order valence-corrected chi connectivity index (χ0v) is 17.6. The van der Waals surface area contributed by atoms with Crippen molar-refractivity contribution in [3.63, 3.8) is 0 Å². The molecule has 1 N–H and O–H groups in total. The minimum Gasteiger partial charge on any atom is -0.378 e. The van der Waals surface area contributed by atoms with Crippen molar-refractivity contribution in [1.82, 2.24) is 0 Å². The molecule has 3 rings (SSSR count). The summed E-state index contributed by atoms with van der Waals surface area (Å²) in [6.45, 7) is 0. The van der Waals surface area contributed by atoms with E-state index in [4.69, 9.17) is 0 Å². The second kappa shape index (κ2) is 8.15. The summed E-state index contributed by atoms with van der Waals surface area (Å²) in [5, 5.41) is 12.0. The Hall–Kier alpha value is -1.30. The average Bonchev–Trinajstić information content (AvgIpc) is 2.68. The molecule has 0 radical (unpaired) electrons. The molecule has 1 fully saturated rings. The van der Waals surface area contributed by atoms with Crippen LogP contribution in [0, 0.1) is 0 Å². The number of aliphatic hydroxyl groups is 1. The fourth-order valence-corrected chi connectivity index (χ4v) is 6.42. The van der Waals surface area contributed by atoms with Crippen molar-refractivity contribution in [1.29, 1.82) is 0 Å². The molecule has 0 spiro atoms. The molecule has 0 atom stereocenters. The lowest BCUT2D eigenvalue weighted by atomic mass is 9.87. The zero-order chi connectivity index (χ0) is 18.7. The van der Waals surface area contributed by atoms with E-state index in [1.165, 1.54) is 6.42 Å². The van der Waals surface area contributed by atoms with Crippen molar-refractivity contribution in [2.24, 2.45) is 0 Å². The van der Waals surface area contributed by atoms with Crippen LogP contribution in [0.4, 0.5) is 11.4 Å². The first-order valence-corrected chi connectivity index (χ1v) is 11.0. The Balaban J connectivity index is 2.03. The van der Waals surface area contributed by atoms with Gasteiger partial charge in [-0.15, -0.1) is 23.5 Å². The first-order chi connectivity index (χ1) is 12.4. The topological polar surface area (TPSA) is 26.7 Å². The molecule has 0 amide bonds. The highest BCUT2D eigenvalue weighted by molar-refractivity contribution is 8.17. The largest absolute Gasteiger partial charge is 0.378 e. The summed E-state index contributed by atoms with van der Waals surface area (Å²) in [6, 6.07) is 16.7. The Kier molecular flexibility index (Phi) is 6.10. The van der Waals surface area contributed by atoms with Crippen LogP contribution in [0.1, 0.15) is 17.5 Å². The van der Waals surface area contributed by atoms with Gasteiger partial charge in [-0.3, -0.25) is 0 Å². The molecule has 1 aliphatic heterocycles. The number of hydrogen-bond acceptors (Lipinski definition) is 5. The van der Waals surface area contributed by atoms with Crippen LogP contribution in [-0.2, 0) is 5.60 Å². The lowest BCUT2D eigenvalue weighted by Gasteiger charge is -2.38. The van der Waals surface area contributed by atoms with Gasteiger partial charge in [0, 0.05) is 39.6 Å². The minimum atomic E-state index is -0.995. The molecule has 1 heterocycles. The Bertz CT molecular complexity index is 656. The number of hydrogen-bond donors (Lipinski definition) is 1. The third-order valence-corrected chi connectivity index (χ3v) is 7.97. The lowest BCUT2D eigenvalue weighted by molar-refractivity contribution is 0.0990. The van der Waals surface area contributed by atoms with E-state index in [0.717, 1.165) is 34.0 Å². The van der Waals surface area contributed by atoms with Gasteiger partial charge in [0.2, 0.25) is 0 Å². The highest BCUT2D eigenvalue weighted by Crippen LogP contribution is 2.47. The smallest absolute Gasteiger partial charge is 0.135 e. The van der Waals surface area contributed by atoms with Gasteiger partial charge in [-0.25, -0.2) is 0 Å². The van der Waals surface area contributed by atoms with Crippen LogP contribution >= 0.6 is 23.5 Å². The van der Waals surface area contributed by atoms with Crippen molar-refractivity contribution in [2.75, 3.05) is 49.5 Å². The van der Waals surface area contributed by atoms with Crippen LogP contribution in [0.5, 0.6) is 0 Å². The van der Waals surface area contributed by atoms with Gasteiger partial charge in [0.15, 0.2) is 0 Å². The van der Waals surface area contributed by atoms with Gasteiger partial charge in [0.25, 0.3) is 0 Å². The molecule has 0 bridgehead atoms. The lowest BCUT2D eigenvalue weighted by Crippen LogP contribution is -2.38. The molecule has 1 aliphatic rings. The number of nitrogens with zero attached hydrogens (tertiary/aromatic N) is 2. The third-order valence-electron chi connectivity index (χ3n) is 4.82. The molecular formula is C21H28N2OS2. The number of thioether (sulfide) groups is 2. The maximum absolute atomic E-state index is 12.0. The Morgan fingerprint density at radius 3 is 1.50 bits per heavy atom. The molecule has 2 aromatic rings. The predicted octanol–water partition coefficient (Wildman–Crippen LogP) is 4.25. The predicted molar refractivity (Wildman–Crippen MR) is 118 cm³/mol. The molecule has 2 aromatic carbocycles.